The summed E-state index contributed by atoms with van der Waals surface area (Å²) in [4.78, 5) is 34.3. The first-order valence-corrected chi connectivity index (χ1v) is 11.0. The minimum absolute atomic E-state index is 0.132. The molecule has 2 aromatic rings. The van der Waals surface area contributed by atoms with Crippen LogP contribution >= 0.6 is 0 Å². The Balaban J connectivity index is 1.43. The summed E-state index contributed by atoms with van der Waals surface area (Å²) in [6.45, 7) is 3.97. The molecule has 0 saturated carbocycles. The Morgan fingerprint density at radius 1 is 1.06 bits per heavy atom. The number of methoxy groups -OCH3 is 1. The molecule has 0 radical (unpaired) electrons. The standard InChI is InChI=1S/C24H29N5O3/c1-16-7-4-5-8-17(16)15-29-22(30)20-21(26(2)24(29)31)25-23-27(13-6-14-28(20)23)18-9-11-19(32-3)12-10-18/h4-5,7-12,20-21,23,25H,6,13-15H2,1-3H3. The van der Waals surface area contributed by atoms with E-state index in [9.17, 15) is 9.59 Å². The van der Waals surface area contributed by atoms with Crippen molar-refractivity contribution < 1.29 is 14.3 Å². The Morgan fingerprint density at radius 3 is 2.53 bits per heavy atom. The highest BCUT2D eigenvalue weighted by Gasteiger charge is 2.56. The second-order valence-corrected chi connectivity index (χ2v) is 8.66. The fourth-order valence-electron chi connectivity index (χ4n) is 5.06. The van der Waals surface area contributed by atoms with Crippen LogP contribution in [0, 0.1) is 6.92 Å². The van der Waals surface area contributed by atoms with Crippen LogP contribution in [0.3, 0.4) is 0 Å². The van der Waals surface area contributed by atoms with E-state index in [2.05, 4.69) is 15.1 Å². The largest absolute Gasteiger partial charge is 0.497 e. The SMILES string of the molecule is COc1ccc(N2CCCN3C4C(=O)N(Cc5ccccc5C)C(=O)N(C)C4NC23)cc1. The van der Waals surface area contributed by atoms with Crippen molar-refractivity contribution in [2.75, 3.05) is 32.1 Å². The summed E-state index contributed by atoms with van der Waals surface area (Å²) in [5, 5.41) is 3.56. The van der Waals surface area contributed by atoms with Gasteiger partial charge in [-0.3, -0.25) is 19.9 Å². The topological polar surface area (TPSA) is 68.4 Å². The van der Waals surface area contributed by atoms with Crippen molar-refractivity contribution in [3.8, 4) is 5.75 Å². The molecule has 0 bridgehead atoms. The van der Waals surface area contributed by atoms with E-state index in [0.29, 0.717) is 6.54 Å². The quantitative estimate of drug-likeness (QED) is 0.794. The maximum Gasteiger partial charge on any atom is 0.328 e. The van der Waals surface area contributed by atoms with Gasteiger partial charge >= 0.3 is 6.03 Å². The van der Waals surface area contributed by atoms with Gasteiger partial charge in [0.25, 0.3) is 5.91 Å². The number of hydrogen-bond donors (Lipinski definition) is 1. The van der Waals surface area contributed by atoms with Crippen molar-refractivity contribution in [3.63, 3.8) is 0 Å². The number of anilines is 1. The summed E-state index contributed by atoms with van der Waals surface area (Å²) in [5.74, 6) is 0.677. The average molecular weight is 436 g/mol. The summed E-state index contributed by atoms with van der Waals surface area (Å²) in [6.07, 6.45) is 0.438. The van der Waals surface area contributed by atoms with Crippen LogP contribution < -0.4 is 15.0 Å². The van der Waals surface area contributed by atoms with Crippen molar-refractivity contribution in [2.24, 2.45) is 0 Å². The number of nitrogens with zero attached hydrogens (tertiary/aromatic N) is 4. The molecule has 0 aliphatic carbocycles. The Kier molecular flexibility index (Phi) is 5.27. The highest BCUT2D eigenvalue weighted by molar-refractivity contribution is 6.00. The molecule has 0 aromatic heterocycles. The lowest BCUT2D eigenvalue weighted by molar-refractivity contribution is -0.139. The third-order valence-corrected chi connectivity index (χ3v) is 6.86. The maximum atomic E-state index is 13.6. The van der Waals surface area contributed by atoms with Gasteiger partial charge in [0.2, 0.25) is 0 Å². The number of urea groups is 1. The zero-order valence-electron chi connectivity index (χ0n) is 18.7. The molecule has 32 heavy (non-hydrogen) atoms. The molecule has 168 valence electrons. The number of benzene rings is 2. The molecule has 5 rings (SSSR count). The van der Waals surface area contributed by atoms with E-state index in [0.717, 1.165) is 42.1 Å². The van der Waals surface area contributed by atoms with Crippen LogP contribution in [0.4, 0.5) is 10.5 Å². The van der Waals surface area contributed by atoms with Crippen LogP contribution in [0.15, 0.2) is 48.5 Å². The molecule has 8 heteroatoms. The first-order chi connectivity index (χ1) is 15.5. The smallest absolute Gasteiger partial charge is 0.328 e. The highest BCUT2D eigenvalue weighted by atomic mass is 16.5. The zero-order valence-corrected chi connectivity index (χ0v) is 18.7. The van der Waals surface area contributed by atoms with Crippen molar-refractivity contribution in [1.29, 1.82) is 0 Å². The van der Waals surface area contributed by atoms with Gasteiger partial charge in [0.15, 0.2) is 0 Å². The van der Waals surface area contributed by atoms with E-state index in [1.165, 1.54) is 4.90 Å². The number of likely N-dealkylation sites (N-methyl/N-ethyl adjacent to an activating group) is 1. The third kappa shape index (κ3) is 3.30. The first kappa shape index (κ1) is 20.8. The van der Waals surface area contributed by atoms with Gasteiger partial charge in [-0.15, -0.1) is 0 Å². The maximum absolute atomic E-state index is 13.6. The van der Waals surface area contributed by atoms with Gasteiger partial charge in [0.1, 0.15) is 24.2 Å². The second kappa shape index (κ2) is 8.11. The second-order valence-electron chi connectivity index (χ2n) is 8.66. The molecule has 3 heterocycles. The minimum Gasteiger partial charge on any atom is -0.497 e. The van der Waals surface area contributed by atoms with Gasteiger partial charge in [0, 0.05) is 25.8 Å². The van der Waals surface area contributed by atoms with Gasteiger partial charge in [0.05, 0.1) is 13.7 Å². The lowest BCUT2D eigenvalue weighted by atomic mass is 10.1. The number of nitrogens with one attached hydrogen (secondary N) is 1. The molecule has 0 spiro atoms. The number of ether oxygens (including phenoxy) is 1. The molecule has 2 aromatic carbocycles. The van der Waals surface area contributed by atoms with Crippen molar-refractivity contribution in [3.05, 3.63) is 59.7 Å². The molecular weight excluding hydrogens is 406 g/mol. The normalized spacial score (nSPS) is 25.7. The Morgan fingerprint density at radius 2 is 1.81 bits per heavy atom. The molecule has 3 aliphatic heterocycles. The predicted molar refractivity (Wildman–Crippen MR) is 121 cm³/mol. The Labute approximate surface area is 188 Å². The zero-order chi connectivity index (χ0) is 22.4. The molecule has 1 N–H and O–H groups in total. The van der Waals surface area contributed by atoms with Crippen LogP contribution in [-0.4, -0.2) is 72.4 Å². The summed E-state index contributed by atoms with van der Waals surface area (Å²) in [6, 6.07) is 15.2. The highest BCUT2D eigenvalue weighted by Crippen LogP contribution is 2.34. The number of rotatable bonds is 4. The predicted octanol–water partition coefficient (Wildman–Crippen LogP) is 2.19. The number of carbonyl (C=O) groups excluding carboxylic acids is 2. The Bertz CT molecular complexity index is 1030. The van der Waals surface area contributed by atoms with Crippen LogP contribution in [-0.2, 0) is 11.3 Å². The van der Waals surface area contributed by atoms with Gasteiger partial charge < -0.3 is 14.5 Å². The molecule has 8 nitrogen and oxygen atoms in total. The van der Waals surface area contributed by atoms with Gasteiger partial charge in [-0.25, -0.2) is 4.79 Å². The third-order valence-electron chi connectivity index (χ3n) is 6.86. The lowest BCUT2D eigenvalue weighted by Crippen LogP contribution is -2.66. The van der Waals surface area contributed by atoms with Crippen molar-refractivity contribution in [2.45, 2.75) is 38.4 Å². The minimum atomic E-state index is -0.409. The number of hydrogen-bond acceptors (Lipinski definition) is 6. The van der Waals surface area contributed by atoms with Crippen molar-refractivity contribution >= 4 is 17.6 Å². The fourth-order valence-corrected chi connectivity index (χ4v) is 5.06. The average Bonchev–Trinajstić information content (AvgIpc) is 3.22. The lowest BCUT2D eigenvalue weighted by Gasteiger charge is -2.44. The first-order valence-electron chi connectivity index (χ1n) is 11.0. The van der Waals surface area contributed by atoms with E-state index in [-0.39, 0.29) is 24.4 Å². The molecule has 3 aliphatic rings. The summed E-state index contributed by atoms with van der Waals surface area (Å²) in [5.41, 5.74) is 3.12. The number of carbonyl (C=O) groups is 2. The van der Waals surface area contributed by atoms with Gasteiger partial charge in [-0.1, -0.05) is 24.3 Å². The number of imide groups is 1. The van der Waals surface area contributed by atoms with Crippen LogP contribution in [0.25, 0.3) is 0 Å². The Hall–Kier alpha value is -3.10. The monoisotopic (exact) mass is 435 g/mol. The van der Waals surface area contributed by atoms with Gasteiger partial charge in [-0.2, -0.15) is 0 Å². The molecule has 3 unspecified atom stereocenters. The molecule has 3 saturated heterocycles. The van der Waals surface area contributed by atoms with E-state index in [1.807, 2.05) is 55.5 Å². The van der Waals surface area contributed by atoms with Crippen molar-refractivity contribution in [1.82, 2.24) is 20.0 Å². The van der Waals surface area contributed by atoms with E-state index >= 15 is 0 Å². The molecule has 3 fully saturated rings. The molecular formula is C24H29N5O3. The fraction of sp³-hybridized carbons (Fsp3) is 0.417. The van der Waals surface area contributed by atoms with Crippen LogP contribution in [0.1, 0.15) is 17.5 Å². The van der Waals surface area contributed by atoms with Crippen LogP contribution in [0.5, 0.6) is 5.75 Å². The summed E-state index contributed by atoms with van der Waals surface area (Å²) in [7, 11) is 3.43. The summed E-state index contributed by atoms with van der Waals surface area (Å²) >= 11 is 0. The van der Waals surface area contributed by atoms with E-state index in [4.69, 9.17) is 4.74 Å². The van der Waals surface area contributed by atoms with E-state index < -0.39 is 6.04 Å². The van der Waals surface area contributed by atoms with E-state index in [1.54, 1.807) is 19.1 Å². The molecule has 3 amide bonds. The number of aryl methyl sites for hydroxylation is 1. The number of fused-ring (bicyclic) bond motifs is 3. The van der Waals surface area contributed by atoms with Crippen LogP contribution in [0.2, 0.25) is 0 Å². The number of amides is 3. The molecule has 3 atom stereocenters. The van der Waals surface area contributed by atoms with Gasteiger partial charge in [-0.05, 0) is 48.7 Å². The summed E-state index contributed by atoms with van der Waals surface area (Å²) < 4.78 is 5.29.